The molecule has 2 rings (SSSR count). The van der Waals surface area contributed by atoms with Crippen molar-refractivity contribution in [1.82, 2.24) is 14.7 Å². The quantitative estimate of drug-likeness (QED) is 0.780. The molecule has 0 bridgehead atoms. The van der Waals surface area contributed by atoms with E-state index < -0.39 is 22.0 Å². The summed E-state index contributed by atoms with van der Waals surface area (Å²) in [4.78, 5) is 7.00. The molecule has 23 heavy (non-hydrogen) atoms. The average Bonchev–Trinajstić information content (AvgIpc) is 2.50. The Labute approximate surface area is 131 Å². The molecule has 0 aliphatic rings. The van der Waals surface area contributed by atoms with E-state index in [0.717, 1.165) is 0 Å². The van der Waals surface area contributed by atoms with Crippen molar-refractivity contribution >= 4 is 26.7 Å². The first-order valence-electron chi connectivity index (χ1n) is 6.78. The highest BCUT2D eigenvalue weighted by Crippen LogP contribution is 2.30. The molecule has 0 spiro atoms. The second kappa shape index (κ2) is 6.67. The second-order valence-corrected chi connectivity index (χ2v) is 6.73. The fourth-order valence-corrected chi connectivity index (χ4v) is 2.44. The fourth-order valence-electron chi connectivity index (χ4n) is 1.83. The van der Waals surface area contributed by atoms with E-state index in [0.29, 0.717) is 5.39 Å². The first-order valence-corrected chi connectivity index (χ1v) is 8.43. The van der Waals surface area contributed by atoms with Crippen molar-refractivity contribution in [2.45, 2.75) is 13.1 Å². The minimum atomic E-state index is -4.66. The Hall–Kier alpha value is -1.94. The molecule has 0 fully saturated rings. The lowest BCUT2D eigenvalue weighted by molar-refractivity contribution is -0.144. The van der Waals surface area contributed by atoms with Gasteiger partial charge in [0.15, 0.2) is 0 Å². The molecule has 126 valence electrons. The Morgan fingerprint density at radius 1 is 1.13 bits per heavy atom. The lowest BCUT2D eigenvalue weighted by Crippen LogP contribution is -2.30. The molecule has 2 aromatic rings. The van der Waals surface area contributed by atoms with E-state index in [2.05, 4.69) is 20.0 Å². The Morgan fingerprint density at radius 3 is 2.48 bits per heavy atom. The number of aromatic nitrogens is 2. The van der Waals surface area contributed by atoms with Crippen molar-refractivity contribution in [3.8, 4) is 0 Å². The molecular weight excluding hydrogens is 333 g/mol. The van der Waals surface area contributed by atoms with Gasteiger partial charge in [-0.25, -0.2) is 23.1 Å². The molecule has 0 saturated heterocycles. The number of anilines is 1. The molecule has 0 atom stereocenters. The number of hydrogen-bond donors (Lipinski definition) is 2. The highest BCUT2D eigenvalue weighted by atomic mass is 32.2. The van der Waals surface area contributed by atoms with Crippen molar-refractivity contribution in [2.24, 2.45) is 0 Å². The van der Waals surface area contributed by atoms with Crippen LogP contribution < -0.4 is 10.0 Å². The lowest BCUT2D eigenvalue weighted by atomic mass is 10.2. The van der Waals surface area contributed by atoms with E-state index in [1.54, 1.807) is 18.2 Å². The van der Waals surface area contributed by atoms with Gasteiger partial charge in [-0.3, -0.25) is 0 Å². The van der Waals surface area contributed by atoms with Gasteiger partial charge in [0.05, 0.1) is 11.3 Å². The minimum Gasteiger partial charge on any atom is -0.368 e. The van der Waals surface area contributed by atoms with Crippen LogP contribution in [0.3, 0.4) is 0 Å². The summed E-state index contributed by atoms with van der Waals surface area (Å²) < 4.78 is 63.4. The van der Waals surface area contributed by atoms with E-state index in [9.17, 15) is 21.6 Å². The molecule has 1 aromatic heterocycles. The van der Waals surface area contributed by atoms with Crippen LogP contribution in [0.25, 0.3) is 10.9 Å². The molecule has 0 aliphatic carbocycles. The number of halogens is 3. The third-order valence-electron chi connectivity index (χ3n) is 2.98. The van der Waals surface area contributed by atoms with E-state index >= 15 is 0 Å². The Morgan fingerprint density at radius 2 is 1.83 bits per heavy atom. The van der Waals surface area contributed by atoms with Crippen LogP contribution in [0.2, 0.25) is 0 Å². The summed E-state index contributed by atoms with van der Waals surface area (Å²) in [6, 6.07) is 6.28. The highest BCUT2D eigenvalue weighted by molar-refractivity contribution is 7.89. The van der Waals surface area contributed by atoms with Crippen LogP contribution in [0.1, 0.15) is 12.7 Å². The van der Waals surface area contributed by atoms with E-state index in [-0.39, 0.29) is 30.2 Å². The van der Waals surface area contributed by atoms with Crippen LogP contribution in [0, 0.1) is 0 Å². The third-order valence-corrected chi connectivity index (χ3v) is 4.38. The lowest BCUT2D eigenvalue weighted by Gasteiger charge is -2.12. The number of hydrogen-bond acceptors (Lipinski definition) is 5. The first-order chi connectivity index (χ1) is 10.7. The Balaban J connectivity index is 2.22. The van der Waals surface area contributed by atoms with Crippen molar-refractivity contribution in [3.63, 3.8) is 0 Å². The van der Waals surface area contributed by atoms with Crippen molar-refractivity contribution in [1.29, 1.82) is 0 Å². The van der Waals surface area contributed by atoms with Gasteiger partial charge in [-0.2, -0.15) is 13.2 Å². The summed E-state index contributed by atoms with van der Waals surface area (Å²) in [5.74, 6) is -1.30. The van der Waals surface area contributed by atoms with Gasteiger partial charge < -0.3 is 5.32 Å². The average molecular weight is 348 g/mol. The Kier molecular flexibility index (Phi) is 5.05. The van der Waals surface area contributed by atoms with Gasteiger partial charge in [-0.15, -0.1) is 0 Å². The Bertz CT molecular complexity index is 793. The molecule has 0 amide bonds. The minimum absolute atomic E-state index is 0.0126. The van der Waals surface area contributed by atoms with E-state index in [4.69, 9.17) is 0 Å². The van der Waals surface area contributed by atoms with Crippen molar-refractivity contribution in [2.75, 3.05) is 24.2 Å². The summed E-state index contributed by atoms with van der Waals surface area (Å²) in [5.41, 5.74) is 0.159. The number of sulfonamides is 1. The van der Waals surface area contributed by atoms with Crippen LogP contribution in [0.15, 0.2) is 24.3 Å². The summed E-state index contributed by atoms with van der Waals surface area (Å²) in [5, 5.41) is 3.15. The van der Waals surface area contributed by atoms with Crippen LogP contribution in [-0.2, 0) is 16.2 Å². The maximum atomic E-state index is 12.8. The summed E-state index contributed by atoms with van der Waals surface area (Å²) in [6.45, 7) is 1.62. The van der Waals surface area contributed by atoms with E-state index in [1.165, 1.54) is 13.0 Å². The normalized spacial score (nSPS) is 12.5. The van der Waals surface area contributed by atoms with Crippen LogP contribution in [-0.4, -0.2) is 37.2 Å². The van der Waals surface area contributed by atoms with E-state index in [1.807, 2.05) is 0 Å². The predicted octanol–water partition coefficient (Wildman–Crippen LogP) is 2.00. The molecule has 6 nitrogen and oxygen atoms in total. The SMILES string of the molecule is CCS(=O)(=O)NCCNc1nc(C(F)(F)F)nc2ccccc12. The van der Waals surface area contributed by atoms with Gasteiger partial charge in [-0.05, 0) is 19.1 Å². The van der Waals surface area contributed by atoms with Crippen LogP contribution >= 0.6 is 0 Å². The van der Waals surface area contributed by atoms with Crippen molar-refractivity contribution in [3.05, 3.63) is 30.1 Å². The fraction of sp³-hybridized carbons (Fsp3) is 0.385. The van der Waals surface area contributed by atoms with Gasteiger partial charge in [0, 0.05) is 18.5 Å². The molecule has 10 heteroatoms. The topological polar surface area (TPSA) is 84.0 Å². The molecule has 0 aliphatic heterocycles. The summed E-state index contributed by atoms with van der Waals surface area (Å²) >= 11 is 0. The maximum Gasteiger partial charge on any atom is 0.451 e. The third kappa shape index (κ3) is 4.52. The number of para-hydroxylation sites is 1. The number of alkyl halides is 3. The molecule has 0 saturated carbocycles. The zero-order valence-electron chi connectivity index (χ0n) is 12.2. The molecule has 1 heterocycles. The van der Waals surface area contributed by atoms with Gasteiger partial charge >= 0.3 is 6.18 Å². The number of nitrogens with one attached hydrogen (secondary N) is 2. The van der Waals surface area contributed by atoms with Gasteiger partial charge in [0.2, 0.25) is 15.8 Å². The predicted molar refractivity (Wildman–Crippen MR) is 80.5 cm³/mol. The monoisotopic (exact) mass is 348 g/mol. The number of rotatable bonds is 6. The highest BCUT2D eigenvalue weighted by Gasteiger charge is 2.35. The summed E-state index contributed by atoms with van der Waals surface area (Å²) in [6.07, 6.45) is -4.66. The van der Waals surface area contributed by atoms with Crippen LogP contribution in [0.4, 0.5) is 19.0 Å². The zero-order valence-corrected chi connectivity index (χ0v) is 13.0. The smallest absolute Gasteiger partial charge is 0.368 e. The molecule has 1 aromatic carbocycles. The zero-order chi connectivity index (χ0) is 17.1. The largest absolute Gasteiger partial charge is 0.451 e. The van der Waals surface area contributed by atoms with Gasteiger partial charge in [0.1, 0.15) is 5.82 Å². The molecule has 2 N–H and O–H groups in total. The summed E-state index contributed by atoms with van der Waals surface area (Å²) in [7, 11) is -3.35. The molecular formula is C13H15F3N4O2S. The molecule has 0 radical (unpaired) electrons. The van der Waals surface area contributed by atoms with Crippen molar-refractivity contribution < 1.29 is 21.6 Å². The van der Waals surface area contributed by atoms with Gasteiger partial charge in [0.25, 0.3) is 0 Å². The standard InChI is InChI=1S/C13H15F3N4O2S/c1-2-23(21,22)18-8-7-17-11-9-5-3-4-6-10(9)19-12(20-11)13(14,15)16/h3-6,18H,2,7-8H2,1H3,(H,17,19,20). The number of nitrogens with zero attached hydrogens (tertiary/aromatic N) is 2. The maximum absolute atomic E-state index is 12.8. The number of fused-ring (bicyclic) bond motifs is 1. The van der Waals surface area contributed by atoms with Gasteiger partial charge in [-0.1, -0.05) is 12.1 Å². The van der Waals surface area contributed by atoms with Crippen LogP contribution in [0.5, 0.6) is 0 Å². The first kappa shape index (κ1) is 17.4. The second-order valence-electron chi connectivity index (χ2n) is 4.64. The number of benzene rings is 1. The molecule has 0 unspecified atom stereocenters.